The minimum atomic E-state index is -0.425. The summed E-state index contributed by atoms with van der Waals surface area (Å²) in [6.45, 7) is 4.97. The van der Waals surface area contributed by atoms with Crippen LogP contribution in [0.2, 0.25) is 0 Å². The molecule has 0 saturated carbocycles. The number of amides is 2. The van der Waals surface area contributed by atoms with Gasteiger partial charge in [-0.2, -0.15) is 0 Å². The van der Waals surface area contributed by atoms with E-state index in [1.54, 1.807) is 17.0 Å². The molecule has 0 aliphatic carbocycles. The van der Waals surface area contributed by atoms with E-state index in [0.29, 0.717) is 25.1 Å². The third kappa shape index (κ3) is 5.13. The number of hydrogen-bond acceptors (Lipinski definition) is 3. The maximum atomic E-state index is 12.8. The Bertz CT molecular complexity index is 836. The number of rotatable bonds is 6. The van der Waals surface area contributed by atoms with Gasteiger partial charge >= 0.3 is 0 Å². The van der Waals surface area contributed by atoms with Crippen molar-refractivity contribution in [2.75, 3.05) is 6.54 Å². The molecule has 1 fully saturated rings. The maximum Gasteiger partial charge on any atom is 0.254 e. The molecule has 6 heteroatoms. The lowest BCUT2D eigenvalue weighted by Crippen LogP contribution is -2.45. The summed E-state index contributed by atoms with van der Waals surface area (Å²) in [5, 5.41) is 2.97. The van der Waals surface area contributed by atoms with Crippen LogP contribution >= 0.6 is 15.9 Å². The molecule has 0 bridgehead atoms. The largest absolute Gasteiger partial charge is 0.491 e. The highest BCUT2D eigenvalue weighted by atomic mass is 79.9. The van der Waals surface area contributed by atoms with E-state index in [0.717, 1.165) is 22.2 Å². The number of benzene rings is 2. The zero-order valence-corrected chi connectivity index (χ0v) is 17.7. The maximum absolute atomic E-state index is 12.8. The van der Waals surface area contributed by atoms with Gasteiger partial charge in [0.2, 0.25) is 5.91 Å². The second kappa shape index (κ2) is 9.24. The van der Waals surface area contributed by atoms with E-state index in [9.17, 15) is 9.59 Å². The highest BCUT2D eigenvalue weighted by Crippen LogP contribution is 2.22. The van der Waals surface area contributed by atoms with Crippen molar-refractivity contribution >= 4 is 27.7 Å². The quantitative estimate of drug-likeness (QED) is 0.727. The number of hydrogen-bond donors (Lipinski definition) is 1. The van der Waals surface area contributed by atoms with Crippen LogP contribution in [-0.2, 0) is 11.3 Å². The lowest BCUT2D eigenvalue weighted by Gasteiger charge is -2.24. The molecule has 2 aromatic carbocycles. The second-order valence-electron chi connectivity index (χ2n) is 7.20. The van der Waals surface area contributed by atoms with Crippen LogP contribution in [-0.4, -0.2) is 35.4 Å². The smallest absolute Gasteiger partial charge is 0.254 e. The minimum Gasteiger partial charge on any atom is -0.491 e. The first-order valence-electron chi connectivity index (χ1n) is 9.54. The van der Waals surface area contributed by atoms with E-state index in [1.807, 2.05) is 50.2 Å². The lowest BCUT2D eigenvalue weighted by atomic mass is 10.1. The Hall–Kier alpha value is -2.34. The molecule has 2 aromatic rings. The third-order valence-electron chi connectivity index (χ3n) is 4.64. The molecule has 1 saturated heterocycles. The fourth-order valence-electron chi connectivity index (χ4n) is 3.35. The van der Waals surface area contributed by atoms with Gasteiger partial charge in [-0.25, -0.2) is 0 Å². The summed E-state index contributed by atoms with van der Waals surface area (Å²) in [5.41, 5.74) is 1.57. The molecule has 2 amide bonds. The van der Waals surface area contributed by atoms with Crippen molar-refractivity contribution in [1.29, 1.82) is 0 Å². The number of halogens is 1. The molecular weight excluding hydrogens is 420 g/mol. The summed E-state index contributed by atoms with van der Waals surface area (Å²) < 4.78 is 6.62. The molecule has 148 valence electrons. The number of likely N-dealkylation sites (tertiary alicyclic amines) is 1. The Balaban J connectivity index is 1.62. The molecule has 1 atom stereocenters. The zero-order valence-electron chi connectivity index (χ0n) is 16.2. The van der Waals surface area contributed by atoms with Crippen molar-refractivity contribution in [3.63, 3.8) is 0 Å². The molecule has 0 spiro atoms. The van der Waals surface area contributed by atoms with Gasteiger partial charge in [-0.1, -0.05) is 28.1 Å². The number of carbonyl (C=O) groups excluding carboxylic acids is 2. The molecule has 0 aromatic heterocycles. The zero-order chi connectivity index (χ0) is 20.1. The predicted octanol–water partition coefficient (Wildman–Crippen LogP) is 4.16. The SMILES string of the molecule is CC(C)Oc1cccc(CNC(=O)C2CCCN2C(=O)c2ccc(Br)cc2)c1. The van der Waals surface area contributed by atoms with Crippen molar-refractivity contribution in [3.05, 3.63) is 64.1 Å². The average molecular weight is 445 g/mol. The fourth-order valence-corrected chi connectivity index (χ4v) is 3.61. The van der Waals surface area contributed by atoms with Gasteiger partial charge in [-0.05, 0) is 68.7 Å². The number of nitrogens with zero attached hydrogens (tertiary/aromatic N) is 1. The molecule has 28 heavy (non-hydrogen) atoms. The molecule has 1 unspecified atom stereocenters. The van der Waals surface area contributed by atoms with E-state index in [4.69, 9.17) is 4.74 Å². The standard InChI is InChI=1S/C22H25BrN2O3/c1-15(2)28-19-6-3-5-16(13-19)14-24-21(26)20-7-4-12-25(20)22(27)17-8-10-18(23)11-9-17/h3,5-6,8-11,13,15,20H,4,7,12,14H2,1-2H3,(H,24,26). The molecule has 0 radical (unpaired) electrons. The summed E-state index contributed by atoms with van der Waals surface area (Å²) in [6.07, 6.45) is 1.62. The Morgan fingerprint density at radius 2 is 1.96 bits per heavy atom. The second-order valence-corrected chi connectivity index (χ2v) is 8.11. The van der Waals surface area contributed by atoms with Crippen LogP contribution in [0, 0.1) is 0 Å². The Labute approximate surface area is 174 Å². The van der Waals surface area contributed by atoms with Crippen LogP contribution in [0.3, 0.4) is 0 Å². The van der Waals surface area contributed by atoms with E-state index in [1.165, 1.54) is 0 Å². The van der Waals surface area contributed by atoms with Gasteiger partial charge in [0.1, 0.15) is 11.8 Å². The Morgan fingerprint density at radius 1 is 1.21 bits per heavy atom. The third-order valence-corrected chi connectivity index (χ3v) is 5.17. The van der Waals surface area contributed by atoms with E-state index >= 15 is 0 Å². The molecule has 1 N–H and O–H groups in total. The van der Waals surface area contributed by atoms with Gasteiger partial charge in [0, 0.05) is 23.1 Å². The highest BCUT2D eigenvalue weighted by molar-refractivity contribution is 9.10. The summed E-state index contributed by atoms with van der Waals surface area (Å²) >= 11 is 3.38. The van der Waals surface area contributed by atoms with Gasteiger partial charge in [0.05, 0.1) is 6.10 Å². The van der Waals surface area contributed by atoms with E-state index < -0.39 is 6.04 Å². The summed E-state index contributed by atoms with van der Waals surface area (Å²) in [4.78, 5) is 27.2. The Kier molecular flexibility index (Phi) is 6.73. The molecule has 1 aliphatic heterocycles. The van der Waals surface area contributed by atoms with Crippen molar-refractivity contribution in [2.24, 2.45) is 0 Å². The van der Waals surface area contributed by atoms with Crippen LogP contribution in [0.15, 0.2) is 53.0 Å². The van der Waals surface area contributed by atoms with Gasteiger partial charge in [0.15, 0.2) is 0 Å². The van der Waals surface area contributed by atoms with Crippen molar-refractivity contribution < 1.29 is 14.3 Å². The number of ether oxygens (including phenoxy) is 1. The lowest BCUT2D eigenvalue weighted by molar-refractivity contribution is -0.125. The van der Waals surface area contributed by atoms with Gasteiger partial charge in [0.25, 0.3) is 5.91 Å². The van der Waals surface area contributed by atoms with Gasteiger partial charge < -0.3 is 15.0 Å². The first-order valence-corrected chi connectivity index (χ1v) is 10.3. The first-order chi connectivity index (χ1) is 13.4. The van der Waals surface area contributed by atoms with Crippen LogP contribution < -0.4 is 10.1 Å². The fraction of sp³-hybridized carbons (Fsp3) is 0.364. The summed E-state index contributed by atoms with van der Waals surface area (Å²) in [5.74, 6) is 0.574. The Morgan fingerprint density at radius 3 is 2.68 bits per heavy atom. The molecule has 3 rings (SSSR count). The number of nitrogens with one attached hydrogen (secondary N) is 1. The number of carbonyl (C=O) groups is 2. The summed E-state index contributed by atoms with van der Waals surface area (Å²) in [6, 6.07) is 14.5. The average Bonchev–Trinajstić information content (AvgIpc) is 3.16. The van der Waals surface area contributed by atoms with E-state index in [-0.39, 0.29) is 17.9 Å². The minimum absolute atomic E-state index is 0.0986. The van der Waals surface area contributed by atoms with Crippen LogP contribution in [0.5, 0.6) is 5.75 Å². The van der Waals surface area contributed by atoms with Crippen molar-refractivity contribution in [3.8, 4) is 5.75 Å². The van der Waals surface area contributed by atoms with Crippen LogP contribution in [0.4, 0.5) is 0 Å². The van der Waals surface area contributed by atoms with Crippen LogP contribution in [0.25, 0.3) is 0 Å². The molecule has 1 aliphatic rings. The van der Waals surface area contributed by atoms with Crippen molar-refractivity contribution in [1.82, 2.24) is 10.2 Å². The van der Waals surface area contributed by atoms with Crippen molar-refractivity contribution in [2.45, 2.75) is 45.4 Å². The summed E-state index contributed by atoms with van der Waals surface area (Å²) in [7, 11) is 0. The highest BCUT2D eigenvalue weighted by Gasteiger charge is 2.34. The van der Waals surface area contributed by atoms with E-state index in [2.05, 4.69) is 21.2 Å². The van der Waals surface area contributed by atoms with Gasteiger partial charge in [-0.15, -0.1) is 0 Å². The normalized spacial score (nSPS) is 16.3. The first kappa shape index (κ1) is 20.4. The monoisotopic (exact) mass is 444 g/mol. The molecular formula is C22H25BrN2O3. The predicted molar refractivity (Wildman–Crippen MR) is 112 cm³/mol. The van der Waals surface area contributed by atoms with Gasteiger partial charge in [-0.3, -0.25) is 9.59 Å². The molecule has 5 nitrogen and oxygen atoms in total. The van der Waals surface area contributed by atoms with Crippen LogP contribution in [0.1, 0.15) is 42.6 Å². The topological polar surface area (TPSA) is 58.6 Å². The molecule has 1 heterocycles.